The summed E-state index contributed by atoms with van der Waals surface area (Å²) in [4.78, 5) is 0. The lowest BCUT2D eigenvalue weighted by Crippen LogP contribution is -1.92. The minimum absolute atomic E-state index is 0.611. The van der Waals surface area contributed by atoms with Crippen LogP contribution >= 0.6 is 0 Å². The standard InChI is InChI=1S/C8H15O/c1-4-8(2)6-5-7-9-3/h4,8H,1,3,5-7H2,2H3. The normalized spacial score (nSPS) is 13.1. The highest BCUT2D eigenvalue weighted by Gasteiger charge is 1.93. The Balaban J connectivity index is 2.96. The Labute approximate surface area is 57.7 Å². The van der Waals surface area contributed by atoms with Gasteiger partial charge in [0.25, 0.3) is 0 Å². The maximum atomic E-state index is 4.65. The molecule has 1 atom stereocenters. The van der Waals surface area contributed by atoms with E-state index in [2.05, 4.69) is 25.3 Å². The highest BCUT2D eigenvalue weighted by atomic mass is 16.5. The molecular formula is C8H15O. The van der Waals surface area contributed by atoms with Crippen LogP contribution in [-0.2, 0) is 4.74 Å². The summed E-state index contributed by atoms with van der Waals surface area (Å²) in [6.07, 6.45) is 4.19. The average Bonchev–Trinajstić information content (AvgIpc) is 1.89. The van der Waals surface area contributed by atoms with Crippen LogP contribution in [0.4, 0.5) is 0 Å². The monoisotopic (exact) mass is 127 g/mol. The molecule has 0 spiro atoms. The Morgan fingerprint density at radius 3 is 2.78 bits per heavy atom. The molecule has 0 saturated heterocycles. The van der Waals surface area contributed by atoms with Crippen molar-refractivity contribution in [3.63, 3.8) is 0 Å². The van der Waals surface area contributed by atoms with Crippen molar-refractivity contribution in [3.05, 3.63) is 19.8 Å². The van der Waals surface area contributed by atoms with E-state index in [1.54, 1.807) is 0 Å². The van der Waals surface area contributed by atoms with Gasteiger partial charge in [0, 0.05) is 6.61 Å². The van der Waals surface area contributed by atoms with Gasteiger partial charge in [-0.05, 0) is 18.8 Å². The number of ether oxygens (including phenoxy) is 1. The van der Waals surface area contributed by atoms with Crippen LogP contribution in [0.5, 0.6) is 0 Å². The number of hydrogen-bond donors (Lipinski definition) is 0. The zero-order valence-electron chi connectivity index (χ0n) is 6.10. The van der Waals surface area contributed by atoms with Crippen molar-refractivity contribution >= 4 is 0 Å². The van der Waals surface area contributed by atoms with Crippen LogP contribution in [0, 0.1) is 13.0 Å². The van der Waals surface area contributed by atoms with E-state index in [4.69, 9.17) is 0 Å². The van der Waals surface area contributed by atoms with Crippen molar-refractivity contribution in [2.24, 2.45) is 5.92 Å². The molecule has 1 unspecified atom stereocenters. The molecule has 0 aliphatic rings. The molecular weight excluding hydrogens is 112 g/mol. The van der Waals surface area contributed by atoms with Crippen LogP contribution in [0.25, 0.3) is 0 Å². The Hall–Kier alpha value is -0.300. The van der Waals surface area contributed by atoms with Gasteiger partial charge in [-0.2, -0.15) is 0 Å². The van der Waals surface area contributed by atoms with E-state index in [1.165, 1.54) is 0 Å². The van der Waals surface area contributed by atoms with Gasteiger partial charge < -0.3 is 4.74 Å². The first-order valence-corrected chi connectivity index (χ1v) is 3.30. The summed E-state index contributed by atoms with van der Waals surface area (Å²) in [6.45, 7) is 6.59. The van der Waals surface area contributed by atoms with E-state index in [0.717, 1.165) is 19.4 Å². The topological polar surface area (TPSA) is 9.23 Å². The highest BCUT2D eigenvalue weighted by Crippen LogP contribution is 2.05. The first kappa shape index (κ1) is 8.70. The summed E-state index contributed by atoms with van der Waals surface area (Å²) >= 11 is 0. The Bertz CT molecular complexity index is 69.0. The zero-order valence-corrected chi connectivity index (χ0v) is 6.10. The highest BCUT2D eigenvalue weighted by molar-refractivity contribution is 4.74. The zero-order chi connectivity index (χ0) is 7.11. The minimum Gasteiger partial charge on any atom is -0.379 e. The molecule has 0 aromatic rings. The van der Waals surface area contributed by atoms with Gasteiger partial charge in [0.15, 0.2) is 0 Å². The molecule has 0 heterocycles. The van der Waals surface area contributed by atoms with Crippen molar-refractivity contribution < 1.29 is 4.74 Å². The molecule has 0 rings (SSSR count). The van der Waals surface area contributed by atoms with E-state index in [9.17, 15) is 0 Å². The number of hydrogen-bond acceptors (Lipinski definition) is 1. The van der Waals surface area contributed by atoms with Gasteiger partial charge >= 0.3 is 0 Å². The van der Waals surface area contributed by atoms with E-state index in [1.807, 2.05) is 6.08 Å². The maximum Gasteiger partial charge on any atom is 0.0700 e. The van der Waals surface area contributed by atoms with Crippen LogP contribution < -0.4 is 0 Å². The lowest BCUT2D eigenvalue weighted by Gasteiger charge is -2.02. The first-order valence-electron chi connectivity index (χ1n) is 3.30. The van der Waals surface area contributed by atoms with Crippen LogP contribution in [0.3, 0.4) is 0 Å². The van der Waals surface area contributed by atoms with Crippen molar-refractivity contribution in [1.82, 2.24) is 0 Å². The first-order chi connectivity index (χ1) is 4.31. The van der Waals surface area contributed by atoms with Crippen LogP contribution in [-0.4, -0.2) is 6.61 Å². The fraction of sp³-hybridized carbons (Fsp3) is 0.625. The largest absolute Gasteiger partial charge is 0.379 e. The third kappa shape index (κ3) is 5.57. The second-order valence-corrected chi connectivity index (χ2v) is 2.26. The van der Waals surface area contributed by atoms with Crippen LogP contribution in [0.15, 0.2) is 12.7 Å². The summed E-state index contributed by atoms with van der Waals surface area (Å²) in [6, 6.07) is 0. The van der Waals surface area contributed by atoms with Crippen molar-refractivity contribution in [2.75, 3.05) is 6.61 Å². The fourth-order valence-corrected chi connectivity index (χ4v) is 0.625. The summed E-state index contributed by atoms with van der Waals surface area (Å²) in [7, 11) is 3.28. The molecule has 0 aromatic carbocycles. The maximum absolute atomic E-state index is 4.65. The van der Waals surface area contributed by atoms with Crippen molar-refractivity contribution in [1.29, 1.82) is 0 Å². The number of rotatable bonds is 5. The molecule has 0 N–H and O–H groups in total. The van der Waals surface area contributed by atoms with Crippen LogP contribution in [0.2, 0.25) is 0 Å². The number of allylic oxidation sites excluding steroid dienone is 1. The van der Waals surface area contributed by atoms with E-state index >= 15 is 0 Å². The smallest absolute Gasteiger partial charge is 0.0700 e. The van der Waals surface area contributed by atoms with E-state index < -0.39 is 0 Å². The molecule has 1 radical (unpaired) electrons. The molecule has 0 fully saturated rings. The van der Waals surface area contributed by atoms with Crippen molar-refractivity contribution in [2.45, 2.75) is 19.8 Å². The van der Waals surface area contributed by atoms with Gasteiger partial charge in [0.05, 0.1) is 7.11 Å². The van der Waals surface area contributed by atoms with E-state index in [0.29, 0.717) is 5.92 Å². The molecule has 1 heteroatoms. The molecule has 9 heavy (non-hydrogen) atoms. The van der Waals surface area contributed by atoms with Gasteiger partial charge in [0.2, 0.25) is 0 Å². The molecule has 0 bridgehead atoms. The molecule has 0 saturated carbocycles. The summed E-state index contributed by atoms with van der Waals surface area (Å²) < 4.78 is 4.65. The second kappa shape index (κ2) is 5.83. The average molecular weight is 127 g/mol. The molecule has 1 nitrogen and oxygen atoms in total. The third-order valence-corrected chi connectivity index (χ3v) is 1.35. The quantitative estimate of drug-likeness (QED) is 0.407. The molecule has 53 valence electrons. The Kier molecular flexibility index (Phi) is 5.64. The minimum atomic E-state index is 0.611. The molecule has 0 aromatic heterocycles. The van der Waals surface area contributed by atoms with Crippen LogP contribution in [0.1, 0.15) is 19.8 Å². The molecule has 0 aliphatic carbocycles. The molecule has 0 aliphatic heterocycles. The Morgan fingerprint density at radius 2 is 2.33 bits per heavy atom. The third-order valence-electron chi connectivity index (χ3n) is 1.35. The summed E-state index contributed by atoms with van der Waals surface area (Å²) in [5, 5.41) is 0. The predicted octanol–water partition coefficient (Wildman–Crippen LogP) is 2.40. The summed E-state index contributed by atoms with van der Waals surface area (Å²) in [5.41, 5.74) is 0. The lowest BCUT2D eigenvalue weighted by molar-refractivity contribution is 0.231. The van der Waals surface area contributed by atoms with Gasteiger partial charge in [-0.25, -0.2) is 0 Å². The lowest BCUT2D eigenvalue weighted by atomic mass is 10.1. The SMILES string of the molecule is [CH2]OCCCC(C)C=C. The van der Waals surface area contributed by atoms with Gasteiger partial charge in [-0.3, -0.25) is 0 Å². The molecule has 0 amide bonds. The van der Waals surface area contributed by atoms with Gasteiger partial charge in [-0.1, -0.05) is 13.0 Å². The fourth-order valence-electron chi connectivity index (χ4n) is 0.625. The van der Waals surface area contributed by atoms with Gasteiger partial charge in [0.1, 0.15) is 0 Å². The summed E-state index contributed by atoms with van der Waals surface area (Å²) in [5.74, 6) is 0.611. The van der Waals surface area contributed by atoms with Crippen molar-refractivity contribution in [3.8, 4) is 0 Å². The van der Waals surface area contributed by atoms with E-state index in [-0.39, 0.29) is 0 Å². The second-order valence-electron chi connectivity index (χ2n) is 2.26. The Morgan fingerprint density at radius 1 is 1.67 bits per heavy atom. The van der Waals surface area contributed by atoms with Gasteiger partial charge in [-0.15, -0.1) is 6.58 Å². The predicted molar refractivity (Wildman–Crippen MR) is 39.9 cm³/mol.